The van der Waals surface area contributed by atoms with Crippen LogP contribution in [0.25, 0.3) is 44.5 Å². The van der Waals surface area contributed by atoms with Crippen molar-refractivity contribution in [2.75, 3.05) is 4.90 Å². The lowest BCUT2D eigenvalue weighted by atomic mass is 9.69. The zero-order valence-electron chi connectivity index (χ0n) is 29.8. The molecule has 0 fully saturated rings. The lowest BCUT2D eigenvalue weighted by Gasteiger charge is -2.42. The molecule has 0 N–H and O–H groups in total. The molecule has 250 valence electrons. The van der Waals surface area contributed by atoms with Gasteiger partial charge in [-0.05, 0) is 103 Å². The SMILES string of the molecule is CC1(C)c2ccccc2N(c2cccc3c2-c2ccc(-c4ccccc4)cc2C32c3ccccc3-c3ccc(-c4ccccc4)cc32)c2ccccc21. The van der Waals surface area contributed by atoms with Gasteiger partial charge >= 0.3 is 0 Å². The van der Waals surface area contributed by atoms with Crippen LogP contribution < -0.4 is 4.90 Å². The van der Waals surface area contributed by atoms with Crippen LogP contribution in [0.1, 0.15) is 47.2 Å². The van der Waals surface area contributed by atoms with Crippen LogP contribution in [-0.2, 0) is 10.8 Å². The molecule has 0 bridgehead atoms. The van der Waals surface area contributed by atoms with Crippen molar-refractivity contribution in [2.45, 2.75) is 24.7 Å². The minimum Gasteiger partial charge on any atom is -0.309 e. The Morgan fingerprint density at radius 3 is 1.40 bits per heavy atom. The summed E-state index contributed by atoms with van der Waals surface area (Å²) in [6.45, 7) is 4.73. The molecule has 0 saturated carbocycles. The van der Waals surface area contributed by atoms with Gasteiger partial charge in [-0.1, -0.05) is 172 Å². The number of anilines is 3. The lowest BCUT2D eigenvalue weighted by Crippen LogP contribution is -2.31. The van der Waals surface area contributed by atoms with Gasteiger partial charge in [0.05, 0.1) is 22.5 Å². The van der Waals surface area contributed by atoms with E-state index >= 15 is 0 Å². The number of fused-ring (bicyclic) bond motifs is 12. The number of hydrogen-bond donors (Lipinski definition) is 0. The van der Waals surface area contributed by atoms with Gasteiger partial charge < -0.3 is 4.90 Å². The molecule has 1 heterocycles. The Morgan fingerprint density at radius 2 is 0.774 bits per heavy atom. The van der Waals surface area contributed by atoms with E-state index in [0.717, 1.165) is 0 Å². The molecule has 8 aromatic rings. The second kappa shape index (κ2) is 11.0. The van der Waals surface area contributed by atoms with Crippen molar-refractivity contribution in [3.8, 4) is 44.5 Å². The van der Waals surface area contributed by atoms with Crippen molar-refractivity contribution < 1.29 is 0 Å². The second-order valence-electron chi connectivity index (χ2n) is 15.2. The molecule has 1 atom stereocenters. The summed E-state index contributed by atoms with van der Waals surface area (Å²) < 4.78 is 0. The summed E-state index contributed by atoms with van der Waals surface area (Å²) >= 11 is 0. The molecule has 0 amide bonds. The molecule has 1 aliphatic heterocycles. The standard InChI is InChI=1S/C52H37N/c1-51(2)42-22-11-13-25-47(42)53(48-26-14-12-23-43(48)51)49-27-15-24-44-50(49)40-31-29-37(35-18-7-4-8-19-35)33-46(40)52(44)41-21-10-9-20-38(41)39-30-28-36(32-45(39)52)34-16-5-3-6-17-34/h3-33H,1-2H3. The summed E-state index contributed by atoms with van der Waals surface area (Å²) in [5, 5.41) is 0. The first-order valence-corrected chi connectivity index (χ1v) is 18.7. The molecule has 0 radical (unpaired) electrons. The third kappa shape index (κ3) is 4.02. The van der Waals surface area contributed by atoms with Gasteiger partial charge in [-0.2, -0.15) is 0 Å². The molecule has 0 aromatic heterocycles. The number of para-hydroxylation sites is 2. The van der Waals surface area contributed by atoms with Crippen molar-refractivity contribution in [1.82, 2.24) is 0 Å². The molecular formula is C52H37N. The quantitative estimate of drug-likeness (QED) is 0.180. The van der Waals surface area contributed by atoms with Gasteiger partial charge in [-0.15, -0.1) is 0 Å². The zero-order valence-corrected chi connectivity index (χ0v) is 29.8. The Hall–Kier alpha value is -6.44. The van der Waals surface area contributed by atoms with Crippen LogP contribution in [0, 0.1) is 0 Å². The van der Waals surface area contributed by atoms with Crippen molar-refractivity contribution in [3.05, 3.63) is 221 Å². The van der Waals surface area contributed by atoms with E-state index in [4.69, 9.17) is 0 Å². The predicted octanol–water partition coefficient (Wildman–Crippen LogP) is 13.5. The van der Waals surface area contributed by atoms with Gasteiger partial charge in [-0.3, -0.25) is 0 Å². The summed E-state index contributed by atoms with van der Waals surface area (Å²) in [6.07, 6.45) is 0. The van der Waals surface area contributed by atoms with Crippen LogP contribution in [0.4, 0.5) is 17.1 Å². The van der Waals surface area contributed by atoms with E-state index in [1.165, 1.54) is 95.0 Å². The maximum atomic E-state index is 2.55. The van der Waals surface area contributed by atoms with E-state index in [0.29, 0.717) is 0 Å². The van der Waals surface area contributed by atoms with Gasteiger partial charge in [0.15, 0.2) is 0 Å². The highest BCUT2D eigenvalue weighted by Gasteiger charge is 2.53. The van der Waals surface area contributed by atoms with E-state index in [2.05, 4.69) is 207 Å². The Balaban J connectivity index is 1.27. The Bertz CT molecular complexity index is 2710. The fourth-order valence-corrected chi connectivity index (χ4v) is 9.95. The molecule has 11 rings (SSSR count). The number of hydrogen-bond acceptors (Lipinski definition) is 1. The maximum Gasteiger partial charge on any atom is 0.0726 e. The molecule has 53 heavy (non-hydrogen) atoms. The summed E-state index contributed by atoms with van der Waals surface area (Å²) in [5.74, 6) is 0. The van der Waals surface area contributed by atoms with Crippen LogP contribution >= 0.6 is 0 Å². The minimum absolute atomic E-state index is 0.136. The molecule has 1 heteroatoms. The molecule has 1 spiro atoms. The second-order valence-corrected chi connectivity index (χ2v) is 15.2. The minimum atomic E-state index is -0.504. The Morgan fingerprint density at radius 1 is 0.321 bits per heavy atom. The maximum absolute atomic E-state index is 2.55. The average molecular weight is 676 g/mol. The van der Waals surface area contributed by atoms with Gasteiger partial charge in [0, 0.05) is 11.0 Å². The molecule has 8 aromatic carbocycles. The highest BCUT2D eigenvalue weighted by molar-refractivity contribution is 6.03. The number of rotatable bonds is 3. The van der Waals surface area contributed by atoms with Gasteiger partial charge in [0.25, 0.3) is 0 Å². The molecule has 2 aliphatic carbocycles. The predicted molar refractivity (Wildman–Crippen MR) is 220 cm³/mol. The zero-order chi connectivity index (χ0) is 35.3. The third-order valence-corrected chi connectivity index (χ3v) is 12.3. The topological polar surface area (TPSA) is 3.24 Å². The lowest BCUT2D eigenvalue weighted by molar-refractivity contribution is 0.632. The summed E-state index contributed by atoms with van der Waals surface area (Å²) in [6, 6.07) is 70.3. The molecule has 3 aliphatic rings. The normalized spacial score (nSPS) is 16.7. The summed E-state index contributed by atoms with van der Waals surface area (Å²) in [4.78, 5) is 2.55. The van der Waals surface area contributed by atoms with Crippen molar-refractivity contribution in [2.24, 2.45) is 0 Å². The monoisotopic (exact) mass is 675 g/mol. The Labute approximate surface area is 311 Å². The van der Waals surface area contributed by atoms with E-state index < -0.39 is 5.41 Å². The van der Waals surface area contributed by atoms with Crippen molar-refractivity contribution in [1.29, 1.82) is 0 Å². The van der Waals surface area contributed by atoms with Crippen LogP contribution in [0.3, 0.4) is 0 Å². The van der Waals surface area contributed by atoms with Gasteiger partial charge in [0.2, 0.25) is 0 Å². The third-order valence-electron chi connectivity index (χ3n) is 12.3. The van der Waals surface area contributed by atoms with Crippen LogP contribution in [0.5, 0.6) is 0 Å². The van der Waals surface area contributed by atoms with Crippen LogP contribution in [-0.4, -0.2) is 0 Å². The fraction of sp³-hybridized carbons (Fsp3) is 0.0769. The van der Waals surface area contributed by atoms with E-state index in [9.17, 15) is 0 Å². The largest absolute Gasteiger partial charge is 0.309 e. The fourth-order valence-electron chi connectivity index (χ4n) is 9.95. The molecule has 1 nitrogen and oxygen atoms in total. The molecule has 0 saturated heterocycles. The van der Waals surface area contributed by atoms with Crippen LogP contribution in [0.2, 0.25) is 0 Å². The van der Waals surface area contributed by atoms with Gasteiger partial charge in [0.1, 0.15) is 0 Å². The number of nitrogens with zero attached hydrogens (tertiary/aromatic N) is 1. The Kier molecular flexibility index (Phi) is 6.29. The highest BCUT2D eigenvalue weighted by atomic mass is 15.2. The van der Waals surface area contributed by atoms with Crippen molar-refractivity contribution in [3.63, 3.8) is 0 Å². The molecule has 1 unspecified atom stereocenters. The van der Waals surface area contributed by atoms with E-state index in [1.807, 2.05) is 0 Å². The first-order chi connectivity index (χ1) is 26.1. The average Bonchev–Trinajstić information content (AvgIpc) is 3.69. The summed E-state index contributed by atoms with van der Waals surface area (Å²) in [7, 11) is 0. The smallest absolute Gasteiger partial charge is 0.0726 e. The van der Waals surface area contributed by atoms with Crippen molar-refractivity contribution >= 4 is 17.1 Å². The number of benzene rings is 8. The highest BCUT2D eigenvalue weighted by Crippen LogP contribution is 2.66. The first kappa shape index (κ1) is 30.2. The van der Waals surface area contributed by atoms with E-state index in [1.54, 1.807) is 0 Å². The molecular weight excluding hydrogens is 639 g/mol. The van der Waals surface area contributed by atoms with Gasteiger partial charge in [-0.25, -0.2) is 0 Å². The van der Waals surface area contributed by atoms with Crippen LogP contribution in [0.15, 0.2) is 188 Å². The summed E-state index contributed by atoms with van der Waals surface area (Å²) in [5.41, 5.74) is 21.3. The first-order valence-electron chi connectivity index (χ1n) is 18.7. The van der Waals surface area contributed by atoms with E-state index in [-0.39, 0.29) is 5.41 Å².